The summed E-state index contributed by atoms with van der Waals surface area (Å²) in [6, 6.07) is 19.8. The zero-order chi connectivity index (χ0) is 19.3. The number of ether oxygens (including phenoxy) is 1. The molecule has 0 aliphatic rings. The number of benzene rings is 2. The van der Waals surface area contributed by atoms with Gasteiger partial charge in [0.25, 0.3) is 11.5 Å². The molecule has 138 valence electrons. The van der Waals surface area contributed by atoms with Crippen molar-refractivity contribution >= 4 is 22.4 Å². The van der Waals surface area contributed by atoms with Gasteiger partial charge in [0.15, 0.2) is 0 Å². The first-order chi connectivity index (χ1) is 13.7. The Morgan fingerprint density at radius 3 is 2.64 bits per heavy atom. The molecule has 6 nitrogen and oxygen atoms in total. The molecule has 28 heavy (non-hydrogen) atoms. The monoisotopic (exact) mass is 371 g/mol. The van der Waals surface area contributed by atoms with Gasteiger partial charge in [0.1, 0.15) is 12.4 Å². The predicted octanol–water partition coefficient (Wildman–Crippen LogP) is 3.75. The number of fused-ring (bicyclic) bond motifs is 1. The molecule has 0 aliphatic carbocycles. The lowest BCUT2D eigenvalue weighted by molar-refractivity contribution is 0.102. The minimum atomic E-state index is -0.311. The first kappa shape index (κ1) is 17.5. The second kappa shape index (κ2) is 7.75. The van der Waals surface area contributed by atoms with Gasteiger partial charge in [-0.3, -0.25) is 14.6 Å². The Balaban J connectivity index is 1.53. The summed E-state index contributed by atoms with van der Waals surface area (Å²) in [7, 11) is 0. The van der Waals surface area contributed by atoms with E-state index in [1.807, 2.05) is 24.3 Å². The maximum absolute atomic E-state index is 12.7. The fourth-order valence-electron chi connectivity index (χ4n) is 2.90. The molecule has 0 saturated carbocycles. The zero-order valence-corrected chi connectivity index (χ0v) is 14.9. The van der Waals surface area contributed by atoms with Gasteiger partial charge in [-0.05, 0) is 30.3 Å². The third-order valence-corrected chi connectivity index (χ3v) is 4.26. The van der Waals surface area contributed by atoms with Crippen molar-refractivity contribution in [1.29, 1.82) is 0 Å². The van der Waals surface area contributed by atoms with Gasteiger partial charge in [-0.25, -0.2) is 0 Å². The first-order valence-electron chi connectivity index (χ1n) is 8.75. The number of aromatic amines is 1. The average Bonchev–Trinajstić information content (AvgIpc) is 2.74. The predicted molar refractivity (Wildman–Crippen MR) is 108 cm³/mol. The molecule has 2 heterocycles. The third kappa shape index (κ3) is 3.76. The number of carbonyl (C=O) groups is 1. The van der Waals surface area contributed by atoms with Gasteiger partial charge < -0.3 is 15.0 Å². The molecule has 2 aromatic heterocycles. The van der Waals surface area contributed by atoms with Crippen LogP contribution in [0.2, 0.25) is 0 Å². The van der Waals surface area contributed by atoms with E-state index in [0.717, 1.165) is 5.69 Å². The number of aromatic nitrogens is 2. The summed E-state index contributed by atoms with van der Waals surface area (Å²) in [5.41, 5.74) is 1.59. The summed E-state index contributed by atoms with van der Waals surface area (Å²) in [4.78, 5) is 31.5. The highest BCUT2D eigenvalue weighted by Crippen LogP contribution is 2.20. The topological polar surface area (TPSA) is 84.1 Å². The van der Waals surface area contributed by atoms with Crippen molar-refractivity contribution in [2.75, 3.05) is 5.32 Å². The molecular formula is C22H17N3O3. The molecule has 4 aromatic rings. The molecule has 2 aromatic carbocycles. The van der Waals surface area contributed by atoms with Crippen molar-refractivity contribution in [3.8, 4) is 5.75 Å². The maximum Gasteiger partial charge on any atom is 0.257 e. The maximum atomic E-state index is 12.7. The van der Waals surface area contributed by atoms with Gasteiger partial charge in [-0.2, -0.15) is 0 Å². The van der Waals surface area contributed by atoms with E-state index in [9.17, 15) is 9.59 Å². The zero-order valence-electron chi connectivity index (χ0n) is 14.9. The molecule has 0 unspecified atom stereocenters. The molecule has 0 spiro atoms. The number of nitrogens with zero attached hydrogens (tertiary/aromatic N) is 1. The van der Waals surface area contributed by atoms with E-state index >= 15 is 0 Å². The second-order valence-electron chi connectivity index (χ2n) is 6.17. The number of pyridine rings is 2. The number of H-pyrrole nitrogens is 1. The van der Waals surface area contributed by atoms with Crippen LogP contribution in [0.15, 0.2) is 83.9 Å². The minimum absolute atomic E-state index is 0.225. The highest BCUT2D eigenvalue weighted by atomic mass is 16.5. The Hall–Kier alpha value is -3.93. The van der Waals surface area contributed by atoms with Crippen molar-refractivity contribution in [2.45, 2.75) is 6.61 Å². The van der Waals surface area contributed by atoms with E-state index in [0.29, 0.717) is 34.4 Å². The highest BCUT2D eigenvalue weighted by molar-refractivity contribution is 6.12. The number of amides is 1. The van der Waals surface area contributed by atoms with Crippen molar-refractivity contribution in [2.24, 2.45) is 0 Å². The molecule has 0 aliphatic heterocycles. The van der Waals surface area contributed by atoms with Crippen molar-refractivity contribution in [3.05, 3.63) is 101 Å². The van der Waals surface area contributed by atoms with Gasteiger partial charge in [0.05, 0.1) is 11.3 Å². The fourth-order valence-corrected chi connectivity index (χ4v) is 2.90. The van der Waals surface area contributed by atoms with Crippen LogP contribution in [-0.4, -0.2) is 15.9 Å². The van der Waals surface area contributed by atoms with Crippen LogP contribution in [0.3, 0.4) is 0 Å². The van der Waals surface area contributed by atoms with Crippen LogP contribution in [0.25, 0.3) is 10.8 Å². The Bertz CT molecular complexity index is 1190. The summed E-state index contributed by atoms with van der Waals surface area (Å²) >= 11 is 0. The summed E-state index contributed by atoms with van der Waals surface area (Å²) in [5.74, 6) is 0.309. The van der Waals surface area contributed by atoms with Crippen LogP contribution in [0, 0.1) is 0 Å². The molecule has 2 N–H and O–H groups in total. The Kier molecular flexibility index (Phi) is 4.84. The van der Waals surface area contributed by atoms with Crippen molar-refractivity contribution in [3.63, 3.8) is 0 Å². The van der Waals surface area contributed by atoms with Crippen LogP contribution in [0.1, 0.15) is 16.1 Å². The molecule has 4 rings (SSSR count). The number of nitrogens with one attached hydrogen (secondary N) is 2. The SMILES string of the molecule is O=C(Nc1cccc(OCc2ccccn2)c1)c1c[nH]c(=O)c2ccccc12. The molecule has 0 bridgehead atoms. The Morgan fingerprint density at radius 2 is 1.82 bits per heavy atom. The fraction of sp³-hybridized carbons (Fsp3) is 0.0455. The highest BCUT2D eigenvalue weighted by Gasteiger charge is 2.12. The number of hydrogen-bond donors (Lipinski definition) is 2. The van der Waals surface area contributed by atoms with Crippen LogP contribution in [0.5, 0.6) is 5.75 Å². The summed E-state index contributed by atoms with van der Waals surface area (Å²) in [6.07, 6.45) is 3.14. The number of rotatable bonds is 5. The molecule has 0 radical (unpaired) electrons. The van der Waals surface area contributed by atoms with E-state index in [1.54, 1.807) is 48.7 Å². The van der Waals surface area contributed by atoms with E-state index in [1.165, 1.54) is 6.20 Å². The van der Waals surface area contributed by atoms with Gasteiger partial charge in [0, 0.05) is 34.9 Å². The van der Waals surface area contributed by atoms with Crippen LogP contribution >= 0.6 is 0 Å². The third-order valence-electron chi connectivity index (χ3n) is 4.26. The van der Waals surface area contributed by atoms with Crippen LogP contribution < -0.4 is 15.6 Å². The lowest BCUT2D eigenvalue weighted by Gasteiger charge is -2.10. The largest absolute Gasteiger partial charge is 0.487 e. The first-order valence-corrected chi connectivity index (χ1v) is 8.75. The molecule has 0 fully saturated rings. The summed E-state index contributed by atoms with van der Waals surface area (Å²) in [6.45, 7) is 0.336. The van der Waals surface area contributed by atoms with Gasteiger partial charge >= 0.3 is 0 Å². The number of carbonyl (C=O) groups excluding carboxylic acids is 1. The standard InChI is InChI=1S/C22H17N3O3/c26-21-19-10-2-1-9-18(19)20(13-24-21)22(27)25-15-7-5-8-17(12-15)28-14-16-6-3-4-11-23-16/h1-13H,14H2,(H,24,26)(H,25,27). The second-order valence-corrected chi connectivity index (χ2v) is 6.17. The van der Waals surface area contributed by atoms with Crippen molar-refractivity contribution < 1.29 is 9.53 Å². The lowest BCUT2D eigenvalue weighted by atomic mass is 10.1. The Morgan fingerprint density at radius 1 is 1.00 bits per heavy atom. The van der Waals surface area contributed by atoms with E-state index in [-0.39, 0.29) is 11.5 Å². The summed E-state index contributed by atoms with van der Waals surface area (Å²) < 4.78 is 5.74. The quantitative estimate of drug-likeness (QED) is 0.560. The van der Waals surface area contributed by atoms with E-state index in [4.69, 9.17) is 4.74 Å². The van der Waals surface area contributed by atoms with E-state index in [2.05, 4.69) is 15.3 Å². The smallest absolute Gasteiger partial charge is 0.257 e. The van der Waals surface area contributed by atoms with Crippen molar-refractivity contribution in [1.82, 2.24) is 9.97 Å². The average molecular weight is 371 g/mol. The lowest BCUT2D eigenvalue weighted by Crippen LogP contribution is -2.16. The molecular weight excluding hydrogens is 354 g/mol. The van der Waals surface area contributed by atoms with Crippen LogP contribution in [0.4, 0.5) is 5.69 Å². The normalized spacial score (nSPS) is 10.6. The molecule has 0 saturated heterocycles. The Labute approximate surface area is 160 Å². The molecule has 0 atom stereocenters. The van der Waals surface area contributed by atoms with Gasteiger partial charge in [0.2, 0.25) is 0 Å². The number of hydrogen-bond acceptors (Lipinski definition) is 4. The minimum Gasteiger partial charge on any atom is -0.487 e. The molecule has 1 amide bonds. The van der Waals surface area contributed by atoms with E-state index < -0.39 is 0 Å². The number of anilines is 1. The van der Waals surface area contributed by atoms with Crippen LogP contribution in [-0.2, 0) is 6.61 Å². The summed E-state index contributed by atoms with van der Waals surface area (Å²) in [5, 5.41) is 3.93. The molecule has 6 heteroatoms. The van der Waals surface area contributed by atoms with Gasteiger partial charge in [-0.1, -0.05) is 30.3 Å². The van der Waals surface area contributed by atoms with Gasteiger partial charge in [-0.15, -0.1) is 0 Å².